The van der Waals surface area contributed by atoms with Gasteiger partial charge < -0.3 is 10.1 Å². The first-order valence-electron chi connectivity index (χ1n) is 3.03. The van der Waals surface area contributed by atoms with E-state index in [1.165, 1.54) is 0 Å². The van der Waals surface area contributed by atoms with Crippen LogP contribution in [0.4, 0.5) is 0 Å². The van der Waals surface area contributed by atoms with Crippen molar-refractivity contribution in [2.24, 2.45) is 0 Å². The second-order valence-corrected chi connectivity index (χ2v) is 1.61. The highest BCUT2D eigenvalue weighted by atomic mass is 16.5. The van der Waals surface area contributed by atoms with Gasteiger partial charge in [0.2, 0.25) is 5.78 Å². The Morgan fingerprint density at radius 2 is 2.45 bits per heavy atom. The normalized spacial score (nSPS) is 10.0. The summed E-state index contributed by atoms with van der Waals surface area (Å²) in [6.45, 7) is 2.14. The minimum atomic E-state index is -0.638. The number of allylic oxidation sites excluding steroid dienone is 1. The molecule has 0 unspecified atom stereocenters. The smallest absolute Gasteiger partial charge is 0.216 e. The van der Waals surface area contributed by atoms with Crippen LogP contribution in [0.5, 0.6) is 0 Å². The Labute approximate surface area is 64.6 Å². The van der Waals surface area contributed by atoms with Crippen LogP contribution in [-0.2, 0) is 9.53 Å². The van der Waals surface area contributed by atoms with Gasteiger partial charge in [0, 0.05) is 0 Å². The predicted octanol–water partition coefficient (Wildman–Crippen LogP) is 0.649. The third-order valence-corrected chi connectivity index (χ3v) is 0.885. The molecular formula is C7H8N2O2. The van der Waals surface area contributed by atoms with Gasteiger partial charge >= 0.3 is 0 Å². The molecule has 0 bridgehead atoms. The third kappa shape index (κ3) is 3.16. The Bertz CT molecular complexity index is 225. The number of nitriles is 1. The van der Waals surface area contributed by atoms with Crippen molar-refractivity contribution >= 4 is 12.0 Å². The lowest BCUT2D eigenvalue weighted by Gasteiger charge is -1.92. The zero-order valence-corrected chi connectivity index (χ0v) is 6.13. The number of nitrogens with zero attached hydrogens (tertiary/aromatic N) is 1. The van der Waals surface area contributed by atoms with Gasteiger partial charge in [0.1, 0.15) is 17.9 Å². The molecule has 0 aromatic rings. The van der Waals surface area contributed by atoms with Crippen molar-refractivity contribution in [3.8, 4) is 6.07 Å². The van der Waals surface area contributed by atoms with Crippen LogP contribution >= 0.6 is 0 Å². The molecule has 0 aromatic carbocycles. The fraction of sp³-hybridized carbons (Fsp3) is 0.286. The van der Waals surface area contributed by atoms with Crippen molar-refractivity contribution in [2.75, 3.05) is 6.61 Å². The molecule has 0 heterocycles. The topological polar surface area (TPSA) is 73.9 Å². The molecule has 0 atom stereocenters. The van der Waals surface area contributed by atoms with Crippen molar-refractivity contribution in [1.29, 1.82) is 10.7 Å². The summed E-state index contributed by atoms with van der Waals surface area (Å²) >= 11 is 0. The third-order valence-electron chi connectivity index (χ3n) is 0.885. The molecule has 0 fully saturated rings. The number of carbonyl (C=O) groups excluding carboxylic acids is 1. The maximum atomic E-state index is 10.6. The summed E-state index contributed by atoms with van der Waals surface area (Å²) in [7, 11) is 0. The first-order valence-corrected chi connectivity index (χ1v) is 3.03. The van der Waals surface area contributed by atoms with Crippen molar-refractivity contribution in [2.45, 2.75) is 6.92 Å². The number of ketones is 1. The van der Waals surface area contributed by atoms with Crippen LogP contribution in [0.15, 0.2) is 11.8 Å². The quantitative estimate of drug-likeness (QED) is 0.278. The van der Waals surface area contributed by atoms with Crippen LogP contribution in [0.1, 0.15) is 6.92 Å². The van der Waals surface area contributed by atoms with E-state index in [0.29, 0.717) is 12.8 Å². The first-order chi connectivity index (χ1) is 5.26. The Kier molecular flexibility index (Phi) is 4.41. The van der Waals surface area contributed by atoms with E-state index in [-0.39, 0.29) is 5.57 Å². The summed E-state index contributed by atoms with van der Waals surface area (Å²) < 4.78 is 4.70. The van der Waals surface area contributed by atoms with E-state index < -0.39 is 5.78 Å². The first kappa shape index (κ1) is 9.37. The van der Waals surface area contributed by atoms with E-state index in [4.69, 9.17) is 15.4 Å². The van der Waals surface area contributed by atoms with E-state index in [2.05, 4.69) is 0 Å². The van der Waals surface area contributed by atoms with E-state index in [1.54, 1.807) is 13.0 Å². The molecule has 4 heteroatoms. The second-order valence-electron chi connectivity index (χ2n) is 1.61. The number of carbonyl (C=O) groups is 1. The summed E-state index contributed by atoms with van der Waals surface area (Å²) in [6, 6.07) is 1.62. The van der Waals surface area contributed by atoms with Gasteiger partial charge in [0.25, 0.3) is 0 Å². The van der Waals surface area contributed by atoms with Gasteiger partial charge in [-0.25, -0.2) is 0 Å². The van der Waals surface area contributed by atoms with Crippen molar-refractivity contribution in [3.05, 3.63) is 11.8 Å². The van der Waals surface area contributed by atoms with Gasteiger partial charge in [-0.1, -0.05) is 0 Å². The lowest BCUT2D eigenvalue weighted by atomic mass is 10.2. The van der Waals surface area contributed by atoms with E-state index in [0.717, 1.165) is 6.26 Å². The minimum Gasteiger partial charge on any atom is -0.500 e. The molecule has 0 aliphatic rings. The van der Waals surface area contributed by atoms with E-state index in [9.17, 15) is 4.79 Å². The minimum absolute atomic E-state index is 0.151. The second kappa shape index (κ2) is 5.18. The Hall–Kier alpha value is -1.63. The van der Waals surface area contributed by atoms with Crippen LogP contribution in [-0.4, -0.2) is 18.6 Å². The Morgan fingerprint density at radius 3 is 2.82 bits per heavy atom. The van der Waals surface area contributed by atoms with Gasteiger partial charge in [0.15, 0.2) is 0 Å². The van der Waals surface area contributed by atoms with Crippen LogP contribution in [0.2, 0.25) is 0 Å². The molecule has 0 radical (unpaired) electrons. The molecular weight excluding hydrogens is 144 g/mol. The average molecular weight is 152 g/mol. The SMILES string of the molecule is CCOC=C(C#N)C(=O)C=N. The molecule has 4 nitrogen and oxygen atoms in total. The zero-order valence-electron chi connectivity index (χ0n) is 6.13. The molecule has 0 saturated carbocycles. The van der Waals surface area contributed by atoms with E-state index in [1.807, 2.05) is 0 Å². The van der Waals surface area contributed by atoms with Gasteiger partial charge in [-0.3, -0.25) is 4.79 Å². The number of ether oxygens (including phenoxy) is 1. The molecule has 0 saturated heterocycles. The highest BCUT2D eigenvalue weighted by molar-refractivity contribution is 6.35. The molecule has 0 spiro atoms. The summed E-state index contributed by atoms with van der Waals surface area (Å²) in [5, 5.41) is 14.9. The summed E-state index contributed by atoms with van der Waals surface area (Å²) in [6.07, 6.45) is 1.64. The molecule has 58 valence electrons. The summed E-state index contributed by atoms with van der Waals surface area (Å²) in [5.74, 6) is -0.638. The maximum Gasteiger partial charge on any atom is 0.216 e. The van der Waals surface area contributed by atoms with Crippen molar-refractivity contribution in [3.63, 3.8) is 0 Å². The van der Waals surface area contributed by atoms with Gasteiger partial charge in [0.05, 0.1) is 12.8 Å². The lowest BCUT2D eigenvalue weighted by Crippen LogP contribution is -2.01. The number of rotatable bonds is 4. The molecule has 0 rings (SSSR count). The molecule has 1 N–H and O–H groups in total. The molecule has 0 amide bonds. The number of hydrogen-bond acceptors (Lipinski definition) is 4. The number of hydrogen-bond donors (Lipinski definition) is 1. The van der Waals surface area contributed by atoms with Gasteiger partial charge in [-0.15, -0.1) is 0 Å². The Morgan fingerprint density at radius 1 is 1.82 bits per heavy atom. The Balaban J connectivity index is 4.30. The number of nitrogens with one attached hydrogen (secondary N) is 1. The lowest BCUT2D eigenvalue weighted by molar-refractivity contribution is -0.109. The van der Waals surface area contributed by atoms with Crippen molar-refractivity contribution in [1.82, 2.24) is 0 Å². The molecule has 0 aromatic heterocycles. The fourth-order valence-corrected chi connectivity index (χ4v) is 0.384. The molecule has 0 aliphatic carbocycles. The van der Waals surface area contributed by atoms with Gasteiger partial charge in [-0.05, 0) is 6.92 Å². The fourth-order valence-electron chi connectivity index (χ4n) is 0.384. The van der Waals surface area contributed by atoms with Gasteiger partial charge in [-0.2, -0.15) is 5.26 Å². The van der Waals surface area contributed by atoms with Crippen LogP contribution in [0.3, 0.4) is 0 Å². The van der Waals surface area contributed by atoms with Crippen LogP contribution in [0.25, 0.3) is 0 Å². The molecule has 11 heavy (non-hydrogen) atoms. The van der Waals surface area contributed by atoms with Crippen LogP contribution in [0, 0.1) is 16.7 Å². The average Bonchev–Trinajstić information content (AvgIpc) is 2.05. The van der Waals surface area contributed by atoms with Crippen LogP contribution < -0.4 is 0 Å². The van der Waals surface area contributed by atoms with E-state index >= 15 is 0 Å². The summed E-state index contributed by atoms with van der Waals surface area (Å²) in [4.78, 5) is 10.6. The van der Waals surface area contributed by atoms with Crippen molar-refractivity contribution < 1.29 is 9.53 Å². The maximum absolute atomic E-state index is 10.6. The standard InChI is InChI=1S/C7H8N2O2/c1-2-11-5-6(3-8)7(10)4-9/h4-5,9H,2H2,1H3. The highest BCUT2D eigenvalue weighted by Crippen LogP contribution is 1.92. The molecule has 0 aliphatic heterocycles. The monoisotopic (exact) mass is 152 g/mol. The summed E-state index contributed by atoms with van der Waals surface area (Å²) in [5.41, 5.74) is -0.151. The largest absolute Gasteiger partial charge is 0.500 e. The highest BCUT2D eigenvalue weighted by Gasteiger charge is 2.04. The zero-order chi connectivity index (χ0) is 8.69. The predicted molar refractivity (Wildman–Crippen MR) is 39.1 cm³/mol. The number of Topliss-reactive ketones (excluding diaryl/α,β-unsaturated/α-hetero) is 1.